The first kappa shape index (κ1) is 25.0. The van der Waals surface area contributed by atoms with Crippen molar-refractivity contribution in [2.24, 2.45) is 5.92 Å². The molecule has 2 aromatic rings. The molecule has 35 heavy (non-hydrogen) atoms. The lowest BCUT2D eigenvalue weighted by Gasteiger charge is -2.44. The number of nitrogens with one attached hydrogen (secondary N) is 1. The second-order valence-electron chi connectivity index (χ2n) is 8.68. The molecule has 0 saturated carbocycles. The number of fused-ring (bicyclic) bond motifs is 1. The first-order chi connectivity index (χ1) is 16.6. The number of nitrogens with zero attached hydrogens (tertiary/aromatic N) is 2. The Labute approximate surface area is 207 Å². The van der Waals surface area contributed by atoms with Crippen LogP contribution in [-0.2, 0) is 35.4 Å². The number of aromatic nitrogens is 1. The molecule has 2 unspecified atom stereocenters. The highest BCUT2D eigenvalue weighted by atomic mass is 35.5. The fourth-order valence-electron chi connectivity index (χ4n) is 4.55. The maximum Gasteiger partial charge on any atom is 0.228 e. The van der Waals surface area contributed by atoms with E-state index >= 15 is 0 Å². The molecular formula is C24H24ClN3O6S. The number of amides is 2. The Balaban J connectivity index is 0.000000271. The summed E-state index contributed by atoms with van der Waals surface area (Å²) < 4.78 is 26.4. The minimum Gasteiger partial charge on any atom is -0.356 e. The molecular weight excluding hydrogens is 494 g/mol. The number of halogens is 1. The van der Waals surface area contributed by atoms with Gasteiger partial charge >= 0.3 is 0 Å². The maximum absolute atomic E-state index is 13.2. The number of Topliss-reactive ketones (excluding diaryl/α,β-unsaturated/α-hetero) is 2. The second-order valence-corrected chi connectivity index (χ2v) is 11.3. The maximum atomic E-state index is 13.2. The second kappa shape index (κ2) is 9.87. The van der Waals surface area contributed by atoms with Gasteiger partial charge < -0.3 is 10.2 Å². The van der Waals surface area contributed by atoms with E-state index in [9.17, 15) is 27.6 Å². The van der Waals surface area contributed by atoms with Gasteiger partial charge in [-0.1, -0.05) is 11.6 Å². The lowest BCUT2D eigenvalue weighted by Crippen LogP contribution is -2.67. The molecule has 0 bridgehead atoms. The normalized spacial score (nSPS) is 24.0. The number of carbonyl (C=O) groups excluding carboxylic acids is 4. The van der Waals surface area contributed by atoms with Crippen LogP contribution in [0.3, 0.4) is 0 Å². The van der Waals surface area contributed by atoms with E-state index in [4.69, 9.17) is 11.6 Å². The van der Waals surface area contributed by atoms with Crippen molar-refractivity contribution < 1.29 is 27.6 Å². The highest BCUT2D eigenvalue weighted by molar-refractivity contribution is 7.93. The molecule has 1 aromatic heterocycles. The number of rotatable bonds is 4. The monoisotopic (exact) mass is 517 g/mol. The standard InChI is InChI=1S/C18H15ClN2O4S.C6H9NO2/c19-14-1-3-15(4-2-14)26(24,25)18-10-16(22)21(18)11-13(17(18)23)9-12-5-7-20-8-6-12;8-5-1-2-6(9)7-4-3-5/h1-8,13H,9-11H2;1-4H2,(H,7,9). The smallest absolute Gasteiger partial charge is 0.228 e. The Morgan fingerprint density at radius 1 is 1.00 bits per heavy atom. The lowest BCUT2D eigenvalue weighted by atomic mass is 9.93. The SMILES string of the molecule is O=C1CC2(S(=O)(=O)c3ccc(Cl)cc3)C(=O)C(Cc3ccncc3)CN12.O=C1CCNC(=O)CC1. The summed E-state index contributed by atoms with van der Waals surface area (Å²) in [4.78, 5) is 49.7. The van der Waals surface area contributed by atoms with Crippen LogP contribution in [0.1, 0.15) is 31.2 Å². The molecule has 1 N–H and O–H groups in total. The van der Waals surface area contributed by atoms with Gasteiger partial charge in [-0.15, -0.1) is 0 Å². The third-order valence-corrected chi connectivity index (χ3v) is 9.04. The molecule has 9 nitrogen and oxygen atoms in total. The van der Waals surface area contributed by atoms with Crippen LogP contribution in [-0.4, -0.2) is 59.6 Å². The highest BCUT2D eigenvalue weighted by Crippen LogP contribution is 2.48. The van der Waals surface area contributed by atoms with Gasteiger partial charge in [-0.05, 0) is 48.4 Å². The first-order valence-electron chi connectivity index (χ1n) is 11.2. The van der Waals surface area contributed by atoms with Gasteiger partial charge in [-0.3, -0.25) is 24.2 Å². The Morgan fingerprint density at radius 3 is 2.34 bits per heavy atom. The van der Waals surface area contributed by atoms with E-state index in [0.717, 1.165) is 5.56 Å². The van der Waals surface area contributed by atoms with Crippen molar-refractivity contribution >= 4 is 44.8 Å². The van der Waals surface area contributed by atoms with Crippen molar-refractivity contribution in [1.29, 1.82) is 0 Å². The number of ketones is 2. The van der Waals surface area contributed by atoms with Gasteiger partial charge in [-0.25, -0.2) is 8.42 Å². The Hall–Kier alpha value is -3.11. The average Bonchev–Trinajstić information content (AvgIpc) is 2.93. The van der Waals surface area contributed by atoms with Gasteiger partial charge in [0.25, 0.3) is 0 Å². The Bertz CT molecular complexity index is 1250. The predicted molar refractivity (Wildman–Crippen MR) is 126 cm³/mol. The van der Waals surface area contributed by atoms with Crippen molar-refractivity contribution in [3.05, 3.63) is 59.4 Å². The summed E-state index contributed by atoms with van der Waals surface area (Å²) in [7, 11) is -4.04. The van der Waals surface area contributed by atoms with Gasteiger partial charge in [0.2, 0.25) is 26.5 Å². The average molecular weight is 518 g/mol. The number of hydrogen-bond acceptors (Lipinski definition) is 7. The number of pyridine rings is 1. The third-order valence-electron chi connectivity index (χ3n) is 6.44. The van der Waals surface area contributed by atoms with Crippen LogP contribution >= 0.6 is 11.6 Å². The summed E-state index contributed by atoms with van der Waals surface area (Å²) in [6.45, 7) is 0.643. The molecule has 184 valence electrons. The molecule has 2 atom stereocenters. The quantitative estimate of drug-likeness (QED) is 0.611. The molecule has 4 heterocycles. The molecule has 3 saturated heterocycles. The summed E-state index contributed by atoms with van der Waals surface area (Å²) in [5, 5.41) is 3.01. The van der Waals surface area contributed by atoms with Crippen LogP contribution < -0.4 is 5.32 Å². The number of carbonyl (C=O) groups is 4. The van der Waals surface area contributed by atoms with Crippen molar-refractivity contribution in [2.45, 2.75) is 41.9 Å². The zero-order valence-electron chi connectivity index (χ0n) is 18.8. The van der Waals surface area contributed by atoms with E-state index in [1.807, 2.05) is 0 Å². The van der Waals surface area contributed by atoms with Crippen molar-refractivity contribution in [3.63, 3.8) is 0 Å². The van der Waals surface area contributed by atoms with E-state index in [0.29, 0.717) is 37.3 Å². The van der Waals surface area contributed by atoms with Crippen LogP contribution in [0.5, 0.6) is 0 Å². The number of hydrogen-bond donors (Lipinski definition) is 1. The minimum atomic E-state index is -4.04. The zero-order chi connectivity index (χ0) is 25.2. The fraction of sp³-hybridized carbons (Fsp3) is 0.375. The van der Waals surface area contributed by atoms with Crippen LogP contribution in [0.4, 0.5) is 0 Å². The van der Waals surface area contributed by atoms with E-state index in [2.05, 4.69) is 10.3 Å². The molecule has 3 aliphatic heterocycles. The molecule has 0 aliphatic carbocycles. The molecule has 0 spiro atoms. The van der Waals surface area contributed by atoms with Crippen molar-refractivity contribution in [3.8, 4) is 0 Å². The molecule has 5 rings (SSSR count). The van der Waals surface area contributed by atoms with E-state index in [-0.39, 0.29) is 35.5 Å². The fourth-order valence-corrected chi connectivity index (χ4v) is 6.77. The molecule has 2 amide bonds. The molecule has 0 radical (unpaired) electrons. The zero-order valence-corrected chi connectivity index (χ0v) is 20.3. The molecule has 1 aromatic carbocycles. The summed E-state index contributed by atoms with van der Waals surface area (Å²) in [6.07, 6.45) is 4.62. The van der Waals surface area contributed by atoms with Gasteiger partial charge in [0, 0.05) is 55.7 Å². The minimum absolute atomic E-state index is 0.000787. The first-order valence-corrected chi connectivity index (χ1v) is 13.0. The number of benzene rings is 1. The lowest BCUT2D eigenvalue weighted by molar-refractivity contribution is -0.150. The van der Waals surface area contributed by atoms with Crippen LogP contribution in [0.25, 0.3) is 0 Å². The van der Waals surface area contributed by atoms with Crippen molar-refractivity contribution in [1.82, 2.24) is 15.2 Å². The van der Waals surface area contributed by atoms with Gasteiger partial charge in [-0.2, -0.15) is 0 Å². The van der Waals surface area contributed by atoms with Gasteiger partial charge in [0.15, 0.2) is 5.78 Å². The summed E-state index contributed by atoms with van der Waals surface area (Å²) in [5.41, 5.74) is 0.882. The van der Waals surface area contributed by atoms with Gasteiger partial charge in [0.1, 0.15) is 5.78 Å². The Kier molecular flexibility index (Phi) is 7.05. The predicted octanol–water partition coefficient (Wildman–Crippen LogP) is 1.73. The summed E-state index contributed by atoms with van der Waals surface area (Å²) in [5.74, 6) is -1.09. The van der Waals surface area contributed by atoms with E-state index < -0.39 is 26.4 Å². The van der Waals surface area contributed by atoms with Crippen LogP contribution in [0, 0.1) is 5.92 Å². The Morgan fingerprint density at radius 2 is 1.69 bits per heavy atom. The third kappa shape index (κ3) is 4.72. The summed E-state index contributed by atoms with van der Waals surface area (Å²) in [6, 6.07) is 9.23. The van der Waals surface area contributed by atoms with E-state index in [1.54, 1.807) is 24.5 Å². The topological polar surface area (TPSA) is 131 Å². The molecule has 3 fully saturated rings. The van der Waals surface area contributed by atoms with Crippen LogP contribution in [0.15, 0.2) is 53.7 Å². The molecule has 3 aliphatic rings. The molecule has 11 heteroatoms. The van der Waals surface area contributed by atoms with E-state index in [1.165, 1.54) is 29.2 Å². The van der Waals surface area contributed by atoms with Gasteiger partial charge in [0.05, 0.1) is 11.3 Å². The number of sulfone groups is 1. The largest absolute Gasteiger partial charge is 0.356 e. The number of β-lactam (4-membered cyclic amide) rings is 1. The van der Waals surface area contributed by atoms with Crippen molar-refractivity contribution in [2.75, 3.05) is 13.1 Å². The highest BCUT2D eigenvalue weighted by Gasteiger charge is 2.70. The summed E-state index contributed by atoms with van der Waals surface area (Å²) >= 11 is 5.83. The van der Waals surface area contributed by atoms with Crippen LogP contribution in [0.2, 0.25) is 5.02 Å².